The van der Waals surface area contributed by atoms with E-state index in [2.05, 4.69) is 32.9 Å². The van der Waals surface area contributed by atoms with E-state index in [1.54, 1.807) is 6.20 Å². The monoisotopic (exact) mass is 234 g/mol. The Morgan fingerprint density at radius 2 is 2.38 bits per heavy atom. The van der Waals surface area contributed by atoms with Gasteiger partial charge in [0.1, 0.15) is 0 Å². The maximum atomic E-state index is 4.14. The highest BCUT2D eigenvalue weighted by Crippen LogP contribution is 2.26. The molecule has 4 nitrogen and oxygen atoms in total. The van der Waals surface area contributed by atoms with Gasteiger partial charge < -0.3 is 5.32 Å². The number of rotatable bonds is 4. The molecule has 2 heterocycles. The van der Waals surface area contributed by atoms with Crippen LogP contribution < -0.4 is 5.32 Å². The van der Waals surface area contributed by atoms with Gasteiger partial charge in [0.05, 0.1) is 16.6 Å². The molecule has 2 aromatic rings. The molecular formula is C11H14N4S. The first-order valence-corrected chi connectivity index (χ1v) is 6.02. The summed E-state index contributed by atoms with van der Waals surface area (Å²) in [5, 5.41) is 7.42. The Hall–Kier alpha value is -1.33. The van der Waals surface area contributed by atoms with Crippen molar-refractivity contribution in [2.75, 3.05) is 7.05 Å². The van der Waals surface area contributed by atoms with Gasteiger partial charge in [0.15, 0.2) is 0 Å². The number of hydrogen-bond donors (Lipinski definition) is 1. The van der Waals surface area contributed by atoms with E-state index in [0.29, 0.717) is 0 Å². The van der Waals surface area contributed by atoms with Crippen LogP contribution in [0.1, 0.15) is 29.1 Å². The average molecular weight is 234 g/mol. The molecule has 0 radical (unpaired) electrons. The van der Waals surface area contributed by atoms with Gasteiger partial charge in [-0.3, -0.25) is 4.98 Å². The molecule has 1 unspecified atom stereocenters. The summed E-state index contributed by atoms with van der Waals surface area (Å²) in [4.78, 5) is 5.32. The van der Waals surface area contributed by atoms with Crippen LogP contribution in [0, 0.1) is 0 Å². The predicted octanol–water partition coefficient (Wildman–Crippen LogP) is 1.80. The number of nitrogens with zero attached hydrogens (tertiary/aromatic N) is 3. The fraction of sp³-hybridized carbons (Fsp3) is 0.364. The lowest BCUT2D eigenvalue weighted by Crippen LogP contribution is -2.18. The Morgan fingerprint density at radius 3 is 3.00 bits per heavy atom. The standard InChI is InChI=1S/C11H14N4S/c1-3-9-11(16-15-14-9)10(12-2)8-5-4-6-13-7-8/h4-7,10,12H,3H2,1-2H3. The second-order valence-corrected chi connectivity index (χ2v) is 4.23. The van der Waals surface area contributed by atoms with E-state index < -0.39 is 0 Å². The third kappa shape index (κ3) is 2.10. The van der Waals surface area contributed by atoms with Gasteiger partial charge in [0.25, 0.3) is 0 Å². The van der Waals surface area contributed by atoms with E-state index in [1.807, 2.05) is 19.3 Å². The van der Waals surface area contributed by atoms with Gasteiger partial charge in [-0.1, -0.05) is 17.5 Å². The molecular weight excluding hydrogens is 220 g/mol. The number of nitrogens with one attached hydrogen (secondary N) is 1. The highest BCUT2D eigenvalue weighted by atomic mass is 32.1. The highest BCUT2D eigenvalue weighted by molar-refractivity contribution is 7.05. The summed E-state index contributed by atoms with van der Waals surface area (Å²) < 4.78 is 4.02. The van der Waals surface area contributed by atoms with Crippen LogP contribution in [0.5, 0.6) is 0 Å². The lowest BCUT2D eigenvalue weighted by atomic mass is 10.1. The molecule has 0 aliphatic carbocycles. The Bertz CT molecular complexity index is 440. The van der Waals surface area contributed by atoms with Crippen molar-refractivity contribution in [3.63, 3.8) is 0 Å². The SMILES string of the molecule is CCc1nnsc1C(NC)c1cccnc1. The zero-order valence-corrected chi connectivity index (χ0v) is 10.2. The molecule has 0 spiro atoms. The second kappa shape index (κ2) is 5.14. The van der Waals surface area contributed by atoms with Crippen molar-refractivity contribution in [2.45, 2.75) is 19.4 Å². The van der Waals surface area contributed by atoms with Crippen molar-refractivity contribution in [3.05, 3.63) is 40.7 Å². The molecule has 0 aromatic carbocycles. The number of aromatic nitrogens is 3. The molecule has 84 valence electrons. The van der Waals surface area contributed by atoms with E-state index in [9.17, 15) is 0 Å². The molecule has 16 heavy (non-hydrogen) atoms. The first kappa shape index (κ1) is 11.2. The number of hydrogen-bond acceptors (Lipinski definition) is 5. The van der Waals surface area contributed by atoms with E-state index in [0.717, 1.165) is 17.7 Å². The third-order valence-electron chi connectivity index (χ3n) is 2.49. The van der Waals surface area contributed by atoms with Gasteiger partial charge in [-0.15, -0.1) is 5.10 Å². The summed E-state index contributed by atoms with van der Waals surface area (Å²) >= 11 is 1.45. The zero-order chi connectivity index (χ0) is 11.4. The van der Waals surface area contributed by atoms with Gasteiger partial charge >= 0.3 is 0 Å². The molecule has 0 aliphatic rings. The summed E-state index contributed by atoms with van der Waals surface area (Å²) in [5.41, 5.74) is 2.21. The summed E-state index contributed by atoms with van der Waals surface area (Å²) in [7, 11) is 1.94. The van der Waals surface area contributed by atoms with Crippen LogP contribution in [0.3, 0.4) is 0 Å². The van der Waals surface area contributed by atoms with E-state index in [1.165, 1.54) is 16.4 Å². The Balaban J connectivity index is 2.37. The van der Waals surface area contributed by atoms with Gasteiger partial charge in [-0.05, 0) is 36.6 Å². The van der Waals surface area contributed by atoms with Gasteiger partial charge in [-0.25, -0.2) is 0 Å². The van der Waals surface area contributed by atoms with Crippen LogP contribution in [0.15, 0.2) is 24.5 Å². The van der Waals surface area contributed by atoms with E-state index in [4.69, 9.17) is 0 Å². The zero-order valence-electron chi connectivity index (χ0n) is 9.34. The van der Waals surface area contributed by atoms with Crippen molar-refractivity contribution >= 4 is 11.5 Å². The summed E-state index contributed by atoms with van der Waals surface area (Å²) in [6.45, 7) is 2.09. The fourth-order valence-electron chi connectivity index (χ4n) is 1.68. The average Bonchev–Trinajstić information content (AvgIpc) is 2.80. The molecule has 0 amide bonds. The maximum absolute atomic E-state index is 4.14. The Labute approximate surface area is 98.9 Å². The minimum Gasteiger partial charge on any atom is -0.309 e. The van der Waals surface area contributed by atoms with Crippen LogP contribution in [0.25, 0.3) is 0 Å². The molecule has 2 rings (SSSR count). The van der Waals surface area contributed by atoms with Crippen molar-refractivity contribution < 1.29 is 0 Å². The number of pyridine rings is 1. The molecule has 2 aromatic heterocycles. The van der Waals surface area contributed by atoms with Gasteiger partial charge in [0.2, 0.25) is 0 Å². The van der Waals surface area contributed by atoms with Crippen molar-refractivity contribution in [2.24, 2.45) is 0 Å². The topological polar surface area (TPSA) is 50.7 Å². The van der Waals surface area contributed by atoms with Crippen LogP contribution in [0.4, 0.5) is 0 Å². The van der Waals surface area contributed by atoms with Crippen molar-refractivity contribution in [3.8, 4) is 0 Å². The smallest absolute Gasteiger partial charge is 0.0804 e. The maximum Gasteiger partial charge on any atom is 0.0804 e. The number of aryl methyl sites for hydroxylation is 1. The molecule has 1 atom stereocenters. The van der Waals surface area contributed by atoms with E-state index in [-0.39, 0.29) is 6.04 Å². The molecule has 0 saturated heterocycles. The van der Waals surface area contributed by atoms with Crippen LogP contribution >= 0.6 is 11.5 Å². The summed E-state index contributed by atoms with van der Waals surface area (Å²) in [6, 6.07) is 4.15. The normalized spacial score (nSPS) is 12.6. The van der Waals surface area contributed by atoms with Crippen LogP contribution in [0.2, 0.25) is 0 Å². The molecule has 0 saturated carbocycles. The Morgan fingerprint density at radius 1 is 1.50 bits per heavy atom. The summed E-state index contributed by atoms with van der Waals surface area (Å²) in [6.07, 6.45) is 4.56. The first-order chi connectivity index (χ1) is 7.86. The van der Waals surface area contributed by atoms with Gasteiger partial charge in [-0.2, -0.15) is 0 Å². The molecule has 0 bridgehead atoms. The Kier molecular flexibility index (Phi) is 3.58. The lowest BCUT2D eigenvalue weighted by molar-refractivity contribution is 0.690. The minimum absolute atomic E-state index is 0.142. The minimum atomic E-state index is 0.142. The summed E-state index contributed by atoms with van der Waals surface area (Å²) in [5.74, 6) is 0. The quantitative estimate of drug-likeness (QED) is 0.876. The van der Waals surface area contributed by atoms with Crippen LogP contribution in [-0.4, -0.2) is 21.6 Å². The molecule has 1 N–H and O–H groups in total. The van der Waals surface area contributed by atoms with E-state index >= 15 is 0 Å². The fourth-order valence-corrected chi connectivity index (χ4v) is 2.55. The van der Waals surface area contributed by atoms with Gasteiger partial charge in [0, 0.05) is 12.4 Å². The van der Waals surface area contributed by atoms with Crippen LogP contribution in [-0.2, 0) is 6.42 Å². The predicted molar refractivity (Wildman–Crippen MR) is 64.4 cm³/mol. The largest absolute Gasteiger partial charge is 0.309 e. The lowest BCUT2D eigenvalue weighted by Gasteiger charge is -2.14. The highest BCUT2D eigenvalue weighted by Gasteiger charge is 2.18. The first-order valence-electron chi connectivity index (χ1n) is 5.25. The van der Waals surface area contributed by atoms with Crippen molar-refractivity contribution in [1.82, 2.24) is 19.9 Å². The van der Waals surface area contributed by atoms with Crippen molar-refractivity contribution in [1.29, 1.82) is 0 Å². The second-order valence-electron chi connectivity index (χ2n) is 3.45. The third-order valence-corrected chi connectivity index (χ3v) is 3.32. The molecule has 5 heteroatoms. The molecule has 0 fully saturated rings. The molecule has 0 aliphatic heterocycles.